The molecule has 2 rings (SSSR count). The van der Waals surface area contributed by atoms with Gasteiger partial charge < -0.3 is 10.8 Å². The van der Waals surface area contributed by atoms with Crippen LogP contribution in [-0.2, 0) is 0 Å². The number of aliphatic hydroxyl groups is 1. The second-order valence-electron chi connectivity index (χ2n) is 7.97. The van der Waals surface area contributed by atoms with Crippen LogP contribution in [0.2, 0.25) is 0 Å². The Hall–Kier alpha value is -0.0800. The molecule has 0 aromatic heterocycles. The van der Waals surface area contributed by atoms with Gasteiger partial charge in [-0.3, -0.25) is 0 Å². The van der Waals surface area contributed by atoms with Crippen LogP contribution in [0.4, 0.5) is 0 Å². The van der Waals surface area contributed by atoms with Gasteiger partial charge in [0.05, 0.1) is 5.60 Å². The van der Waals surface area contributed by atoms with Crippen molar-refractivity contribution in [1.29, 1.82) is 0 Å². The number of hydrogen-bond donors (Lipinski definition) is 2. The number of nitrogens with two attached hydrogens (primary N) is 1. The second kappa shape index (κ2) is 6.36. The van der Waals surface area contributed by atoms with Crippen molar-refractivity contribution in [3.8, 4) is 0 Å². The summed E-state index contributed by atoms with van der Waals surface area (Å²) in [6, 6.07) is 0. The van der Waals surface area contributed by atoms with E-state index < -0.39 is 5.60 Å². The molecular weight excluding hydrogens is 246 g/mol. The minimum atomic E-state index is -0.484. The van der Waals surface area contributed by atoms with E-state index in [0.29, 0.717) is 12.5 Å². The van der Waals surface area contributed by atoms with Crippen LogP contribution < -0.4 is 5.73 Å². The van der Waals surface area contributed by atoms with E-state index in [1.54, 1.807) is 0 Å². The van der Waals surface area contributed by atoms with Gasteiger partial charge in [0.2, 0.25) is 0 Å². The lowest BCUT2D eigenvalue weighted by Gasteiger charge is -2.54. The standard InChI is InChI=1S/C18H35NO/c1-4-15-6-5-9-18(20,12-15)17(13-19)10-7-16(8-11-17)14(2)3/h14-16,20H,4-13,19H2,1-3H3. The molecule has 0 spiro atoms. The Balaban J connectivity index is 2.11. The average molecular weight is 281 g/mol. The lowest BCUT2D eigenvalue weighted by atomic mass is 9.55. The fourth-order valence-electron chi connectivity index (χ4n) is 4.91. The Morgan fingerprint density at radius 2 is 1.80 bits per heavy atom. The maximum absolute atomic E-state index is 11.4. The number of rotatable bonds is 4. The summed E-state index contributed by atoms with van der Waals surface area (Å²) < 4.78 is 0. The molecule has 2 atom stereocenters. The van der Waals surface area contributed by atoms with Crippen molar-refractivity contribution in [2.24, 2.45) is 28.9 Å². The van der Waals surface area contributed by atoms with Gasteiger partial charge in [-0.2, -0.15) is 0 Å². The van der Waals surface area contributed by atoms with Gasteiger partial charge in [0, 0.05) is 12.0 Å². The molecule has 0 heterocycles. The van der Waals surface area contributed by atoms with E-state index in [-0.39, 0.29) is 5.41 Å². The van der Waals surface area contributed by atoms with E-state index in [0.717, 1.165) is 37.5 Å². The van der Waals surface area contributed by atoms with Crippen LogP contribution in [0, 0.1) is 23.2 Å². The first-order chi connectivity index (χ1) is 9.46. The maximum atomic E-state index is 11.4. The van der Waals surface area contributed by atoms with E-state index in [1.807, 2.05) is 0 Å². The average Bonchev–Trinajstić information content (AvgIpc) is 2.47. The molecule has 0 radical (unpaired) electrons. The van der Waals surface area contributed by atoms with Gasteiger partial charge in [0.1, 0.15) is 0 Å². The first kappa shape index (κ1) is 16.3. The quantitative estimate of drug-likeness (QED) is 0.814. The predicted octanol–water partition coefficient (Wildman–Crippen LogP) is 4.11. The van der Waals surface area contributed by atoms with E-state index >= 15 is 0 Å². The van der Waals surface area contributed by atoms with Gasteiger partial charge in [-0.25, -0.2) is 0 Å². The van der Waals surface area contributed by atoms with Crippen LogP contribution in [0.25, 0.3) is 0 Å². The van der Waals surface area contributed by atoms with E-state index in [2.05, 4.69) is 20.8 Å². The van der Waals surface area contributed by atoms with Crippen molar-refractivity contribution in [2.75, 3.05) is 6.54 Å². The van der Waals surface area contributed by atoms with Crippen LogP contribution in [0.1, 0.15) is 78.6 Å². The lowest BCUT2D eigenvalue weighted by Crippen LogP contribution is -2.56. The largest absolute Gasteiger partial charge is 0.389 e. The zero-order chi connectivity index (χ0) is 14.8. The molecule has 2 aliphatic rings. The van der Waals surface area contributed by atoms with Crippen molar-refractivity contribution in [3.05, 3.63) is 0 Å². The molecule has 3 N–H and O–H groups in total. The molecule has 0 aromatic carbocycles. The lowest BCUT2D eigenvalue weighted by molar-refractivity contribution is -0.139. The Morgan fingerprint density at radius 3 is 2.30 bits per heavy atom. The Kier molecular flexibility index (Phi) is 5.18. The summed E-state index contributed by atoms with van der Waals surface area (Å²) in [5.41, 5.74) is 5.73. The molecule has 0 bridgehead atoms. The third-order valence-electron chi connectivity index (χ3n) is 6.71. The van der Waals surface area contributed by atoms with Gasteiger partial charge in [0.25, 0.3) is 0 Å². The van der Waals surface area contributed by atoms with Crippen molar-refractivity contribution in [1.82, 2.24) is 0 Å². The highest BCUT2D eigenvalue weighted by Gasteiger charge is 2.52. The minimum Gasteiger partial charge on any atom is -0.389 e. The summed E-state index contributed by atoms with van der Waals surface area (Å²) in [6.07, 6.45) is 10.5. The molecule has 2 aliphatic carbocycles. The van der Waals surface area contributed by atoms with Gasteiger partial charge in [-0.15, -0.1) is 0 Å². The number of hydrogen-bond acceptors (Lipinski definition) is 2. The molecule has 0 aromatic rings. The van der Waals surface area contributed by atoms with Crippen molar-refractivity contribution in [2.45, 2.75) is 84.2 Å². The van der Waals surface area contributed by atoms with Gasteiger partial charge in [-0.05, 0) is 56.3 Å². The fourth-order valence-corrected chi connectivity index (χ4v) is 4.91. The summed E-state index contributed by atoms with van der Waals surface area (Å²) in [4.78, 5) is 0. The molecule has 0 amide bonds. The molecule has 118 valence electrons. The first-order valence-electron chi connectivity index (χ1n) is 8.89. The molecule has 0 saturated heterocycles. The third-order valence-corrected chi connectivity index (χ3v) is 6.71. The van der Waals surface area contributed by atoms with E-state index in [1.165, 1.54) is 32.1 Å². The summed E-state index contributed by atoms with van der Waals surface area (Å²) in [5, 5.41) is 11.4. The topological polar surface area (TPSA) is 46.2 Å². The smallest absolute Gasteiger partial charge is 0.0718 e. The minimum absolute atomic E-state index is 0.00618. The molecule has 0 aliphatic heterocycles. The normalized spacial score (nSPS) is 42.9. The monoisotopic (exact) mass is 281 g/mol. The fraction of sp³-hybridized carbons (Fsp3) is 1.00. The molecule has 2 nitrogen and oxygen atoms in total. The van der Waals surface area contributed by atoms with E-state index in [9.17, 15) is 5.11 Å². The van der Waals surface area contributed by atoms with Crippen molar-refractivity contribution in [3.63, 3.8) is 0 Å². The van der Waals surface area contributed by atoms with Crippen LogP contribution in [-0.4, -0.2) is 17.3 Å². The SMILES string of the molecule is CCC1CCCC(O)(C2(CN)CCC(C(C)C)CC2)C1. The summed E-state index contributed by atoms with van der Waals surface area (Å²) in [5.74, 6) is 2.32. The van der Waals surface area contributed by atoms with Crippen LogP contribution in [0.15, 0.2) is 0 Å². The Labute approximate surface area is 125 Å². The van der Waals surface area contributed by atoms with Crippen molar-refractivity contribution < 1.29 is 5.11 Å². The van der Waals surface area contributed by atoms with Crippen molar-refractivity contribution >= 4 is 0 Å². The summed E-state index contributed by atoms with van der Waals surface area (Å²) in [7, 11) is 0. The van der Waals surface area contributed by atoms with Crippen LogP contribution in [0.3, 0.4) is 0 Å². The summed E-state index contributed by atoms with van der Waals surface area (Å²) >= 11 is 0. The molecule has 2 saturated carbocycles. The highest BCUT2D eigenvalue weighted by molar-refractivity contribution is 5.04. The van der Waals surface area contributed by atoms with Crippen LogP contribution in [0.5, 0.6) is 0 Å². The Morgan fingerprint density at radius 1 is 1.15 bits per heavy atom. The van der Waals surface area contributed by atoms with Gasteiger partial charge in [0.15, 0.2) is 0 Å². The third kappa shape index (κ3) is 2.92. The molecule has 20 heavy (non-hydrogen) atoms. The summed E-state index contributed by atoms with van der Waals surface area (Å²) in [6.45, 7) is 7.61. The van der Waals surface area contributed by atoms with Crippen LogP contribution >= 0.6 is 0 Å². The molecule has 2 fully saturated rings. The maximum Gasteiger partial charge on any atom is 0.0718 e. The highest BCUT2D eigenvalue weighted by Crippen LogP contribution is 2.53. The van der Waals surface area contributed by atoms with E-state index in [4.69, 9.17) is 5.73 Å². The Bertz CT molecular complexity index is 307. The zero-order valence-electron chi connectivity index (χ0n) is 13.8. The molecule has 2 unspecified atom stereocenters. The van der Waals surface area contributed by atoms with Gasteiger partial charge >= 0.3 is 0 Å². The highest BCUT2D eigenvalue weighted by atomic mass is 16.3. The first-order valence-corrected chi connectivity index (χ1v) is 8.89. The second-order valence-corrected chi connectivity index (χ2v) is 7.97. The van der Waals surface area contributed by atoms with Gasteiger partial charge in [-0.1, -0.05) is 40.0 Å². The predicted molar refractivity (Wildman–Crippen MR) is 85.5 cm³/mol. The molecular formula is C18H35NO. The molecule has 2 heteroatoms. The zero-order valence-corrected chi connectivity index (χ0v) is 13.8.